The predicted molar refractivity (Wildman–Crippen MR) is 77.1 cm³/mol. The van der Waals surface area contributed by atoms with E-state index < -0.39 is 0 Å². The topological polar surface area (TPSA) is 87.7 Å². The summed E-state index contributed by atoms with van der Waals surface area (Å²) in [7, 11) is 0. The highest BCUT2D eigenvalue weighted by molar-refractivity contribution is 7.27. The Morgan fingerprint density at radius 1 is 1.53 bits per heavy atom. The van der Waals surface area contributed by atoms with E-state index in [1.54, 1.807) is 11.3 Å². The lowest BCUT2D eigenvalue weighted by atomic mass is 10.1. The molecule has 1 amide bonds. The van der Waals surface area contributed by atoms with E-state index in [4.69, 9.17) is 10.9 Å². The zero-order chi connectivity index (χ0) is 13.4. The van der Waals surface area contributed by atoms with E-state index in [9.17, 15) is 4.79 Å². The number of carbonyl (C=O) groups is 1. The quantitative estimate of drug-likeness (QED) is 0.350. The zero-order valence-corrected chi connectivity index (χ0v) is 11.6. The molecule has 0 radical (unpaired) electrons. The molecule has 7 heteroatoms. The number of thiophene rings is 2. The number of carbonyl (C=O) groups excluding carboxylic acids is 1. The van der Waals surface area contributed by atoms with Gasteiger partial charge in [-0.05, 0) is 36.3 Å². The zero-order valence-electron chi connectivity index (χ0n) is 10.00. The van der Waals surface area contributed by atoms with E-state index in [1.165, 1.54) is 11.3 Å². The molecule has 0 spiro atoms. The molecular weight excluding hydrogens is 282 g/mol. The summed E-state index contributed by atoms with van der Waals surface area (Å²) in [5.74, 6) is 0.215. The van der Waals surface area contributed by atoms with Crippen molar-refractivity contribution in [1.82, 2.24) is 5.32 Å². The van der Waals surface area contributed by atoms with Gasteiger partial charge in [-0.2, -0.15) is 0 Å². The van der Waals surface area contributed by atoms with Gasteiger partial charge in [-0.25, -0.2) is 0 Å². The third-order valence-electron chi connectivity index (χ3n) is 3.18. The Morgan fingerprint density at radius 3 is 2.95 bits per heavy atom. The molecule has 2 aromatic heterocycles. The molecule has 2 aromatic rings. The fourth-order valence-electron chi connectivity index (χ4n) is 2.02. The van der Waals surface area contributed by atoms with Crippen LogP contribution in [-0.4, -0.2) is 23.0 Å². The second-order valence-electron chi connectivity index (χ2n) is 4.57. The van der Waals surface area contributed by atoms with Crippen molar-refractivity contribution >= 4 is 43.8 Å². The van der Waals surface area contributed by atoms with Crippen LogP contribution in [0.1, 0.15) is 22.5 Å². The summed E-state index contributed by atoms with van der Waals surface area (Å²) in [6.45, 7) is 0. The molecule has 100 valence electrons. The number of hydrogen-bond acceptors (Lipinski definition) is 5. The molecule has 1 fully saturated rings. The maximum Gasteiger partial charge on any atom is 0.262 e. The van der Waals surface area contributed by atoms with Crippen LogP contribution in [0, 0.1) is 5.92 Å². The van der Waals surface area contributed by atoms with E-state index in [0.717, 1.165) is 22.2 Å². The van der Waals surface area contributed by atoms with Gasteiger partial charge in [0.25, 0.3) is 5.91 Å². The fraction of sp³-hybridized carbons (Fsp3) is 0.333. The minimum absolute atomic E-state index is 0.0780. The summed E-state index contributed by atoms with van der Waals surface area (Å²) in [5, 5.41) is 16.6. The Bertz CT molecular complexity index is 614. The molecule has 1 aliphatic carbocycles. The Labute approximate surface area is 117 Å². The van der Waals surface area contributed by atoms with Crippen LogP contribution in [0.5, 0.6) is 0 Å². The van der Waals surface area contributed by atoms with Gasteiger partial charge in [0.1, 0.15) is 0 Å². The molecule has 4 N–H and O–H groups in total. The van der Waals surface area contributed by atoms with Crippen LogP contribution in [0.2, 0.25) is 0 Å². The largest absolute Gasteiger partial charge is 0.409 e. The average Bonchev–Trinajstić information content (AvgIpc) is 3.00. The molecule has 0 saturated heterocycles. The highest BCUT2D eigenvalue weighted by atomic mass is 32.1. The smallest absolute Gasteiger partial charge is 0.262 e. The Morgan fingerprint density at radius 2 is 2.32 bits per heavy atom. The first kappa shape index (κ1) is 12.4. The summed E-state index contributed by atoms with van der Waals surface area (Å²) in [4.78, 5) is 12.9. The van der Waals surface area contributed by atoms with E-state index in [0.29, 0.717) is 10.8 Å². The van der Waals surface area contributed by atoms with Crippen molar-refractivity contribution in [2.24, 2.45) is 16.8 Å². The van der Waals surface area contributed by atoms with Crippen molar-refractivity contribution in [3.05, 3.63) is 22.4 Å². The lowest BCUT2D eigenvalue weighted by Crippen LogP contribution is -2.45. The number of nitrogens with one attached hydrogen (secondary N) is 1. The van der Waals surface area contributed by atoms with Crippen LogP contribution < -0.4 is 11.1 Å². The van der Waals surface area contributed by atoms with E-state index >= 15 is 0 Å². The monoisotopic (exact) mass is 295 g/mol. The van der Waals surface area contributed by atoms with Crippen LogP contribution >= 0.6 is 22.7 Å². The van der Waals surface area contributed by atoms with Crippen molar-refractivity contribution < 1.29 is 10.0 Å². The molecule has 2 heterocycles. The van der Waals surface area contributed by atoms with Gasteiger partial charge in [0.15, 0.2) is 5.84 Å². The summed E-state index contributed by atoms with van der Waals surface area (Å²) < 4.78 is 2.23. The minimum Gasteiger partial charge on any atom is -0.409 e. The van der Waals surface area contributed by atoms with E-state index in [-0.39, 0.29) is 17.8 Å². The second-order valence-corrected chi connectivity index (χ2v) is 6.60. The van der Waals surface area contributed by atoms with Crippen molar-refractivity contribution in [3.63, 3.8) is 0 Å². The number of hydrogen-bond donors (Lipinski definition) is 3. The van der Waals surface area contributed by atoms with Crippen molar-refractivity contribution in [3.8, 4) is 0 Å². The number of nitrogens with zero attached hydrogens (tertiary/aromatic N) is 1. The lowest BCUT2D eigenvalue weighted by Gasteiger charge is -2.15. The molecular formula is C12H13N3O2S2. The van der Waals surface area contributed by atoms with Crippen LogP contribution in [0.4, 0.5) is 0 Å². The van der Waals surface area contributed by atoms with Crippen LogP contribution in [0.3, 0.4) is 0 Å². The molecule has 5 nitrogen and oxygen atoms in total. The van der Waals surface area contributed by atoms with E-state index in [1.807, 2.05) is 17.5 Å². The summed E-state index contributed by atoms with van der Waals surface area (Å²) in [6.07, 6.45) is 2.00. The highest BCUT2D eigenvalue weighted by Crippen LogP contribution is 2.34. The molecule has 3 rings (SSSR count). The first-order chi connectivity index (χ1) is 9.19. The van der Waals surface area contributed by atoms with Gasteiger partial charge >= 0.3 is 0 Å². The minimum atomic E-state index is -0.363. The van der Waals surface area contributed by atoms with Crippen molar-refractivity contribution in [1.29, 1.82) is 0 Å². The first-order valence-corrected chi connectivity index (χ1v) is 7.64. The molecule has 1 atom stereocenters. The van der Waals surface area contributed by atoms with Gasteiger partial charge in [0.2, 0.25) is 0 Å². The van der Waals surface area contributed by atoms with Gasteiger partial charge in [0, 0.05) is 9.40 Å². The third-order valence-corrected chi connectivity index (χ3v) is 5.27. The van der Waals surface area contributed by atoms with Crippen LogP contribution in [0.25, 0.3) is 9.40 Å². The van der Waals surface area contributed by atoms with Gasteiger partial charge in [-0.1, -0.05) is 5.16 Å². The second kappa shape index (κ2) is 4.82. The van der Waals surface area contributed by atoms with Crippen molar-refractivity contribution in [2.75, 3.05) is 0 Å². The predicted octanol–water partition coefficient (Wildman–Crippen LogP) is 2.22. The summed E-state index contributed by atoms with van der Waals surface area (Å²) >= 11 is 3.08. The Kier molecular flexibility index (Phi) is 3.16. The standard InChI is InChI=1S/C12H13N3O2S2/c13-11(15-17)10(6-1-2-6)14-12(16)9-5-8-7(19-9)3-4-18-8/h3-6,10,17H,1-2H2,(H2,13,15)(H,14,16). The first-order valence-electron chi connectivity index (χ1n) is 5.94. The third kappa shape index (κ3) is 2.43. The summed E-state index contributed by atoms with van der Waals surface area (Å²) in [5.41, 5.74) is 5.63. The maximum atomic E-state index is 12.2. The van der Waals surface area contributed by atoms with Gasteiger partial charge in [0.05, 0.1) is 10.9 Å². The molecule has 0 aromatic carbocycles. The van der Waals surface area contributed by atoms with E-state index in [2.05, 4.69) is 10.5 Å². The molecule has 19 heavy (non-hydrogen) atoms. The number of fused-ring (bicyclic) bond motifs is 1. The fourth-order valence-corrected chi connectivity index (χ4v) is 4.03. The molecule has 0 aliphatic heterocycles. The molecule has 1 aliphatic rings. The molecule has 1 saturated carbocycles. The number of rotatable bonds is 4. The Hall–Kier alpha value is -1.60. The number of amides is 1. The SMILES string of the molecule is N/C(=N/O)C(NC(=O)c1cc2sccc2s1)C1CC1. The average molecular weight is 295 g/mol. The maximum absolute atomic E-state index is 12.2. The number of amidine groups is 1. The van der Waals surface area contributed by atoms with Crippen molar-refractivity contribution in [2.45, 2.75) is 18.9 Å². The number of nitrogens with two attached hydrogens (primary N) is 1. The normalized spacial score (nSPS) is 17.6. The molecule has 1 unspecified atom stereocenters. The van der Waals surface area contributed by atoms with Crippen LogP contribution in [0.15, 0.2) is 22.7 Å². The number of oxime groups is 1. The van der Waals surface area contributed by atoms with Gasteiger partial charge < -0.3 is 16.3 Å². The highest BCUT2D eigenvalue weighted by Gasteiger charge is 2.35. The lowest BCUT2D eigenvalue weighted by molar-refractivity contribution is 0.0947. The molecule has 0 bridgehead atoms. The van der Waals surface area contributed by atoms with Gasteiger partial charge in [-0.3, -0.25) is 4.79 Å². The van der Waals surface area contributed by atoms with Crippen LogP contribution in [-0.2, 0) is 0 Å². The summed E-state index contributed by atoms with van der Waals surface area (Å²) in [6, 6.07) is 3.53. The van der Waals surface area contributed by atoms with Gasteiger partial charge in [-0.15, -0.1) is 22.7 Å². The Balaban J connectivity index is 1.78.